The van der Waals surface area contributed by atoms with Crippen LogP contribution in [0.1, 0.15) is 47.6 Å². The molecule has 0 unspecified atom stereocenters. The fourth-order valence-corrected chi connectivity index (χ4v) is 6.29. The van der Waals surface area contributed by atoms with Crippen LogP contribution in [0.4, 0.5) is 22.7 Å². The third kappa shape index (κ3) is 10.3. The van der Waals surface area contributed by atoms with E-state index in [0.717, 1.165) is 57.1 Å². The van der Waals surface area contributed by atoms with Crippen LogP contribution in [0, 0.1) is 6.92 Å². The molecule has 6 rings (SSSR count). The van der Waals surface area contributed by atoms with Gasteiger partial charge in [-0.05, 0) is 88.2 Å². The number of nitrogens with two attached hydrogens (primary N) is 1. The Kier molecular flexibility index (Phi) is 13.9. The summed E-state index contributed by atoms with van der Waals surface area (Å²) in [5, 5.41) is 6.08. The fourth-order valence-electron chi connectivity index (χ4n) is 6.22. The number of allylic oxidation sites excluding steroid dienone is 3. The van der Waals surface area contributed by atoms with Crippen LogP contribution in [0.5, 0.6) is 0 Å². The number of hydrogen-bond donors (Lipinski definition) is 4. The van der Waals surface area contributed by atoms with Crippen LogP contribution < -0.4 is 21.5 Å². The summed E-state index contributed by atoms with van der Waals surface area (Å²) >= 11 is 4.35. The third-order valence-electron chi connectivity index (χ3n) is 8.99. The highest BCUT2D eigenvalue weighted by Gasteiger charge is 2.18. The zero-order chi connectivity index (χ0) is 38.5. The molecule has 4 N–H and O–H groups in total. The number of hydrogen-bond acceptors (Lipinski definition) is 5. The Morgan fingerprint density at radius 2 is 1.48 bits per heavy atom. The molecular weight excluding hydrogens is 677 g/mol. The van der Waals surface area contributed by atoms with Gasteiger partial charge in [0.15, 0.2) is 0 Å². The maximum atomic E-state index is 5.55. The predicted molar refractivity (Wildman–Crippen MR) is 239 cm³/mol. The molecule has 6 aromatic rings. The molecule has 0 saturated carbocycles. The largest absolute Gasteiger partial charge is 0.354 e. The molecule has 6 aromatic carbocycles. The molecule has 0 saturated heterocycles. The van der Waals surface area contributed by atoms with Crippen molar-refractivity contribution in [3.63, 3.8) is 0 Å². The number of nitrogens with one attached hydrogen (secondary N) is 2. The zero-order valence-corrected chi connectivity index (χ0v) is 32.4. The number of rotatable bonds is 13. The van der Waals surface area contributed by atoms with E-state index in [4.69, 9.17) is 5.84 Å². The first kappa shape index (κ1) is 39.2. The van der Waals surface area contributed by atoms with Gasteiger partial charge in [-0.3, -0.25) is 5.84 Å². The first-order valence-corrected chi connectivity index (χ1v) is 18.6. The van der Waals surface area contributed by atoms with Crippen molar-refractivity contribution in [3.8, 4) is 0 Å². The van der Waals surface area contributed by atoms with Crippen molar-refractivity contribution in [2.24, 2.45) is 5.84 Å². The van der Waals surface area contributed by atoms with Gasteiger partial charge in [0.1, 0.15) is 0 Å². The zero-order valence-electron chi connectivity index (χ0n) is 31.5. The molecule has 0 bridgehead atoms. The van der Waals surface area contributed by atoms with Crippen molar-refractivity contribution in [3.05, 3.63) is 216 Å². The molecule has 5 heteroatoms. The molecule has 54 heavy (non-hydrogen) atoms. The summed E-state index contributed by atoms with van der Waals surface area (Å²) in [6, 6.07) is 48.1. The molecule has 0 heterocycles. The lowest BCUT2D eigenvalue weighted by molar-refractivity contribution is 0.863. The first-order chi connectivity index (χ1) is 26.2. The van der Waals surface area contributed by atoms with Crippen molar-refractivity contribution >= 4 is 57.9 Å². The van der Waals surface area contributed by atoms with Crippen molar-refractivity contribution < 1.29 is 0 Å². The van der Waals surface area contributed by atoms with Gasteiger partial charge in [-0.15, -0.1) is 12.6 Å². The lowest BCUT2D eigenvalue weighted by atomic mass is 9.98. The van der Waals surface area contributed by atoms with Gasteiger partial charge in [-0.2, -0.15) is 0 Å². The maximum Gasteiger partial charge on any atom is 0.0537 e. The highest BCUT2D eigenvalue weighted by atomic mass is 32.1. The number of para-hydroxylation sites is 1. The Bertz CT molecular complexity index is 2250. The van der Waals surface area contributed by atoms with Crippen LogP contribution >= 0.6 is 12.6 Å². The minimum Gasteiger partial charge on any atom is -0.354 e. The van der Waals surface area contributed by atoms with Gasteiger partial charge >= 0.3 is 0 Å². The number of hydrazine groups is 1. The second kappa shape index (κ2) is 19.2. The molecule has 0 amide bonds. The Balaban J connectivity index is 0.000000274. The first-order valence-electron chi connectivity index (χ1n) is 18.1. The molecule has 0 atom stereocenters. The number of aryl methyl sites for hydroxylation is 1. The van der Waals surface area contributed by atoms with E-state index in [1.807, 2.05) is 72.8 Å². The minimum absolute atomic E-state index is 0.327. The lowest BCUT2D eigenvalue weighted by Crippen LogP contribution is -2.20. The Labute approximate surface area is 327 Å². The number of fused-ring (bicyclic) bond motifs is 1. The van der Waals surface area contributed by atoms with E-state index in [9.17, 15) is 0 Å². The summed E-state index contributed by atoms with van der Waals surface area (Å²) in [5.41, 5.74) is 14.6. The van der Waals surface area contributed by atoms with Crippen LogP contribution in [-0.2, 0) is 6.42 Å². The lowest BCUT2D eigenvalue weighted by Gasteiger charge is -2.29. The predicted octanol–water partition coefficient (Wildman–Crippen LogP) is 13.0. The quantitative estimate of drug-likeness (QED) is 0.0414. The van der Waals surface area contributed by atoms with Gasteiger partial charge in [0.25, 0.3) is 0 Å². The van der Waals surface area contributed by atoms with Crippen LogP contribution in [0.25, 0.3) is 22.5 Å². The second-order valence-corrected chi connectivity index (χ2v) is 13.9. The van der Waals surface area contributed by atoms with Gasteiger partial charge in [0, 0.05) is 22.5 Å². The Morgan fingerprint density at radius 1 is 0.815 bits per heavy atom. The maximum absolute atomic E-state index is 5.55. The molecule has 0 fully saturated rings. The SMILES string of the molecule is C=CC(=C)N(c1ccccc1)c1cc(Nc2c(/C=C\C(=C)S)ccc3cc(C)ccc23)ccc1C(C)C.NN/C(=C\Cc1ccccc1)c1ccccc1. The molecule has 0 aromatic heterocycles. The summed E-state index contributed by atoms with van der Waals surface area (Å²) in [6.45, 7) is 18.8. The van der Waals surface area contributed by atoms with E-state index in [2.05, 4.69) is 154 Å². The number of anilines is 4. The second-order valence-electron chi connectivity index (χ2n) is 13.3. The monoisotopic (exact) mass is 726 g/mol. The van der Waals surface area contributed by atoms with Crippen LogP contribution in [0.15, 0.2) is 188 Å². The highest BCUT2D eigenvalue weighted by Crippen LogP contribution is 2.39. The fraction of sp³-hybridized carbons (Fsp3) is 0.102. The standard InChI is InChI=1S/C34H34N2S.C15H16N2/c1-7-25(5)36(30-11-9-8-10-12-30)33-22-29(18-20-31(33)23(2)3)35-34-27(15-14-26(6)37)16-17-28-21-24(4)13-19-32(28)34;16-17-15(14-9-5-2-6-10-14)12-11-13-7-3-1-4-8-13/h7-23,35,37H,1,5-6H2,2-4H3;1-10,12,17H,11,16H2/b15-14-;15-12-. The molecule has 0 aliphatic carbocycles. The normalized spacial score (nSPS) is 11.2. The minimum atomic E-state index is 0.327. The summed E-state index contributed by atoms with van der Waals surface area (Å²) in [5.74, 6) is 5.88. The summed E-state index contributed by atoms with van der Waals surface area (Å²) in [4.78, 5) is 2.88. The Hall–Kier alpha value is -6.01. The van der Waals surface area contributed by atoms with E-state index in [1.165, 1.54) is 22.1 Å². The van der Waals surface area contributed by atoms with E-state index >= 15 is 0 Å². The molecule has 0 aliphatic rings. The summed E-state index contributed by atoms with van der Waals surface area (Å²) in [6.07, 6.45) is 8.75. The number of benzene rings is 6. The van der Waals surface area contributed by atoms with Gasteiger partial charge in [-0.1, -0.05) is 167 Å². The highest BCUT2D eigenvalue weighted by molar-refractivity contribution is 7.84. The molecule has 0 spiro atoms. The molecule has 4 nitrogen and oxygen atoms in total. The third-order valence-corrected chi connectivity index (χ3v) is 9.14. The summed E-state index contributed by atoms with van der Waals surface area (Å²) in [7, 11) is 0. The van der Waals surface area contributed by atoms with Gasteiger partial charge in [-0.25, -0.2) is 0 Å². The molecule has 0 radical (unpaired) electrons. The summed E-state index contributed by atoms with van der Waals surface area (Å²) < 4.78 is 0. The van der Waals surface area contributed by atoms with Crippen LogP contribution in [-0.4, -0.2) is 0 Å². The molecular formula is C49H50N4S. The van der Waals surface area contributed by atoms with E-state index < -0.39 is 0 Å². The average molecular weight is 727 g/mol. The van der Waals surface area contributed by atoms with Crippen molar-refractivity contribution in [2.45, 2.75) is 33.1 Å². The van der Waals surface area contributed by atoms with Crippen molar-refractivity contribution in [1.82, 2.24) is 5.43 Å². The van der Waals surface area contributed by atoms with Crippen molar-refractivity contribution in [2.75, 3.05) is 10.2 Å². The van der Waals surface area contributed by atoms with E-state index in [1.54, 1.807) is 6.08 Å². The van der Waals surface area contributed by atoms with E-state index in [-0.39, 0.29) is 0 Å². The molecule has 0 aliphatic heterocycles. The smallest absolute Gasteiger partial charge is 0.0537 e. The number of thiol groups is 1. The van der Waals surface area contributed by atoms with Gasteiger partial charge in [0.2, 0.25) is 0 Å². The van der Waals surface area contributed by atoms with Gasteiger partial charge < -0.3 is 15.6 Å². The van der Waals surface area contributed by atoms with Crippen molar-refractivity contribution in [1.29, 1.82) is 0 Å². The Morgan fingerprint density at radius 3 is 2.11 bits per heavy atom. The van der Waals surface area contributed by atoms with E-state index in [0.29, 0.717) is 10.8 Å². The molecule has 272 valence electrons. The number of nitrogens with zero attached hydrogens (tertiary/aromatic N) is 1. The average Bonchev–Trinajstić information content (AvgIpc) is 3.19. The van der Waals surface area contributed by atoms with Crippen LogP contribution in [0.2, 0.25) is 0 Å². The van der Waals surface area contributed by atoms with Crippen LogP contribution in [0.3, 0.4) is 0 Å². The van der Waals surface area contributed by atoms with Gasteiger partial charge in [0.05, 0.1) is 17.1 Å². The topological polar surface area (TPSA) is 53.3 Å².